The van der Waals surface area contributed by atoms with Crippen molar-refractivity contribution in [3.63, 3.8) is 0 Å². The quantitative estimate of drug-likeness (QED) is 0.861. The smallest absolute Gasteiger partial charge is 0.123 e. The Morgan fingerprint density at radius 3 is 2.56 bits per heavy atom. The number of hydrogen-bond donors (Lipinski definition) is 1. The summed E-state index contributed by atoms with van der Waals surface area (Å²) in [4.78, 5) is 4.85. The van der Waals surface area contributed by atoms with Gasteiger partial charge in [-0.25, -0.2) is 0 Å². The third-order valence-electron chi connectivity index (χ3n) is 3.57. The molecule has 1 aliphatic heterocycles. The summed E-state index contributed by atoms with van der Waals surface area (Å²) >= 11 is 0. The Morgan fingerprint density at radius 1 is 1.22 bits per heavy atom. The van der Waals surface area contributed by atoms with Crippen molar-refractivity contribution in [2.75, 3.05) is 40.3 Å². The zero-order chi connectivity index (χ0) is 13.0. The van der Waals surface area contributed by atoms with Gasteiger partial charge in [0.05, 0.1) is 7.11 Å². The number of likely N-dealkylation sites (N-methyl/N-ethyl adjacent to an activating group) is 1. The highest BCUT2D eigenvalue weighted by molar-refractivity contribution is 5.37. The largest absolute Gasteiger partial charge is 0.496 e. The minimum absolute atomic E-state index is 0.526. The zero-order valence-corrected chi connectivity index (χ0v) is 11.4. The van der Waals surface area contributed by atoms with Gasteiger partial charge in [0.15, 0.2) is 0 Å². The molecule has 1 aliphatic rings. The Labute approximate surface area is 109 Å². The van der Waals surface area contributed by atoms with Crippen LogP contribution in [0.1, 0.15) is 11.1 Å². The normalized spacial score (nSPS) is 17.9. The Bertz CT molecular complexity index is 387. The second-order valence-electron chi connectivity index (χ2n) is 4.93. The van der Waals surface area contributed by atoms with Gasteiger partial charge < -0.3 is 15.4 Å². The van der Waals surface area contributed by atoms with Crippen LogP contribution in [0.15, 0.2) is 18.2 Å². The summed E-state index contributed by atoms with van der Waals surface area (Å²) in [7, 11) is 3.88. The van der Waals surface area contributed by atoms with Crippen LogP contribution in [0.5, 0.6) is 5.75 Å². The number of methoxy groups -OCH3 is 1. The molecule has 2 N–H and O–H groups in total. The van der Waals surface area contributed by atoms with E-state index in [2.05, 4.69) is 35.0 Å². The summed E-state index contributed by atoms with van der Waals surface area (Å²) in [5.74, 6) is 0.907. The Morgan fingerprint density at radius 2 is 1.94 bits per heavy atom. The van der Waals surface area contributed by atoms with Gasteiger partial charge >= 0.3 is 0 Å². The van der Waals surface area contributed by atoms with Crippen molar-refractivity contribution < 1.29 is 4.74 Å². The standard InChI is InChI=1S/C14H23N3O/c1-16-5-7-17(8-6-16)11-12-3-4-13(10-15)14(9-12)18-2/h3-4,9H,5-8,10-11,15H2,1-2H3. The van der Waals surface area contributed by atoms with Gasteiger partial charge in [-0.05, 0) is 18.7 Å². The average Bonchev–Trinajstić information content (AvgIpc) is 2.41. The molecule has 4 heteroatoms. The van der Waals surface area contributed by atoms with E-state index in [1.807, 2.05) is 0 Å². The summed E-state index contributed by atoms with van der Waals surface area (Å²) in [6.07, 6.45) is 0. The molecule has 0 spiro atoms. The maximum atomic E-state index is 5.68. The van der Waals surface area contributed by atoms with E-state index in [0.29, 0.717) is 6.54 Å². The topological polar surface area (TPSA) is 41.7 Å². The van der Waals surface area contributed by atoms with E-state index >= 15 is 0 Å². The number of rotatable bonds is 4. The highest BCUT2D eigenvalue weighted by atomic mass is 16.5. The predicted molar refractivity (Wildman–Crippen MR) is 73.7 cm³/mol. The van der Waals surface area contributed by atoms with Gasteiger partial charge in [-0.2, -0.15) is 0 Å². The monoisotopic (exact) mass is 249 g/mol. The lowest BCUT2D eigenvalue weighted by molar-refractivity contribution is 0.148. The van der Waals surface area contributed by atoms with Crippen molar-refractivity contribution >= 4 is 0 Å². The summed E-state index contributed by atoms with van der Waals surface area (Å²) in [6.45, 7) is 6.10. The molecule has 0 unspecified atom stereocenters. The van der Waals surface area contributed by atoms with Crippen LogP contribution in [0.4, 0.5) is 0 Å². The van der Waals surface area contributed by atoms with Gasteiger partial charge in [0.25, 0.3) is 0 Å². The summed E-state index contributed by atoms with van der Waals surface area (Å²) in [5.41, 5.74) is 8.05. The van der Waals surface area contributed by atoms with Crippen molar-refractivity contribution in [3.8, 4) is 5.75 Å². The Kier molecular flexibility index (Phi) is 4.58. The van der Waals surface area contributed by atoms with Crippen LogP contribution < -0.4 is 10.5 Å². The molecule has 4 nitrogen and oxygen atoms in total. The number of nitrogens with two attached hydrogens (primary N) is 1. The van der Waals surface area contributed by atoms with Crippen LogP contribution in [0.2, 0.25) is 0 Å². The molecule has 1 saturated heterocycles. The van der Waals surface area contributed by atoms with E-state index in [1.165, 1.54) is 5.56 Å². The minimum Gasteiger partial charge on any atom is -0.496 e. The SMILES string of the molecule is COc1cc(CN2CCN(C)CC2)ccc1CN. The first-order valence-electron chi connectivity index (χ1n) is 6.49. The molecule has 0 saturated carbocycles. The molecule has 100 valence electrons. The molecule has 18 heavy (non-hydrogen) atoms. The summed E-state index contributed by atoms with van der Waals surface area (Å²) in [6, 6.07) is 6.34. The number of ether oxygens (including phenoxy) is 1. The maximum Gasteiger partial charge on any atom is 0.123 e. The van der Waals surface area contributed by atoms with Gasteiger partial charge in [0, 0.05) is 44.8 Å². The molecule has 0 aromatic heterocycles. The highest BCUT2D eigenvalue weighted by Gasteiger charge is 2.14. The predicted octanol–water partition coefficient (Wildman–Crippen LogP) is 0.901. The molecule has 1 fully saturated rings. The second kappa shape index (κ2) is 6.18. The molecule has 0 radical (unpaired) electrons. The number of benzene rings is 1. The van der Waals surface area contributed by atoms with Gasteiger partial charge in [-0.3, -0.25) is 4.90 Å². The first-order valence-corrected chi connectivity index (χ1v) is 6.49. The second-order valence-corrected chi connectivity index (χ2v) is 4.93. The fourth-order valence-corrected chi connectivity index (χ4v) is 2.32. The molecule has 0 bridgehead atoms. The molecule has 1 heterocycles. The fourth-order valence-electron chi connectivity index (χ4n) is 2.32. The van der Waals surface area contributed by atoms with Crippen molar-refractivity contribution in [3.05, 3.63) is 29.3 Å². The van der Waals surface area contributed by atoms with E-state index in [1.54, 1.807) is 7.11 Å². The lowest BCUT2D eigenvalue weighted by Crippen LogP contribution is -2.43. The lowest BCUT2D eigenvalue weighted by Gasteiger charge is -2.32. The average molecular weight is 249 g/mol. The first kappa shape index (κ1) is 13.3. The third kappa shape index (κ3) is 3.22. The van der Waals surface area contributed by atoms with Gasteiger partial charge in [-0.1, -0.05) is 12.1 Å². The minimum atomic E-state index is 0.526. The Hall–Kier alpha value is -1.10. The first-order chi connectivity index (χ1) is 8.72. The van der Waals surface area contributed by atoms with E-state index in [-0.39, 0.29) is 0 Å². The number of piperazine rings is 1. The molecule has 1 aromatic rings. The van der Waals surface area contributed by atoms with Crippen LogP contribution in [-0.4, -0.2) is 50.1 Å². The lowest BCUT2D eigenvalue weighted by atomic mass is 10.1. The van der Waals surface area contributed by atoms with Gasteiger partial charge in [0.1, 0.15) is 5.75 Å². The molecule has 0 atom stereocenters. The molecule has 0 amide bonds. The van der Waals surface area contributed by atoms with Gasteiger partial charge in [0.2, 0.25) is 0 Å². The summed E-state index contributed by atoms with van der Waals surface area (Å²) < 4.78 is 5.38. The van der Waals surface area contributed by atoms with Crippen molar-refractivity contribution in [1.82, 2.24) is 9.80 Å². The highest BCUT2D eigenvalue weighted by Crippen LogP contribution is 2.20. The van der Waals surface area contributed by atoms with Gasteiger partial charge in [-0.15, -0.1) is 0 Å². The van der Waals surface area contributed by atoms with Crippen LogP contribution in [0.25, 0.3) is 0 Å². The van der Waals surface area contributed by atoms with Crippen LogP contribution >= 0.6 is 0 Å². The molecule has 1 aromatic carbocycles. The van der Waals surface area contributed by atoms with E-state index in [9.17, 15) is 0 Å². The maximum absolute atomic E-state index is 5.68. The van der Waals surface area contributed by atoms with E-state index in [0.717, 1.165) is 44.0 Å². The van der Waals surface area contributed by atoms with Crippen molar-refractivity contribution in [1.29, 1.82) is 0 Å². The van der Waals surface area contributed by atoms with Crippen molar-refractivity contribution in [2.24, 2.45) is 5.73 Å². The zero-order valence-electron chi connectivity index (χ0n) is 11.4. The molecule has 0 aliphatic carbocycles. The van der Waals surface area contributed by atoms with Crippen LogP contribution in [-0.2, 0) is 13.1 Å². The fraction of sp³-hybridized carbons (Fsp3) is 0.571. The summed E-state index contributed by atoms with van der Waals surface area (Å²) in [5, 5.41) is 0. The Balaban J connectivity index is 2.01. The van der Waals surface area contributed by atoms with E-state index < -0.39 is 0 Å². The van der Waals surface area contributed by atoms with Crippen LogP contribution in [0, 0.1) is 0 Å². The van der Waals surface area contributed by atoms with Crippen LogP contribution in [0.3, 0.4) is 0 Å². The van der Waals surface area contributed by atoms with Crippen molar-refractivity contribution in [2.45, 2.75) is 13.1 Å². The number of nitrogens with zero attached hydrogens (tertiary/aromatic N) is 2. The molecule has 2 rings (SSSR count). The number of hydrogen-bond acceptors (Lipinski definition) is 4. The third-order valence-corrected chi connectivity index (χ3v) is 3.57. The van der Waals surface area contributed by atoms with E-state index in [4.69, 9.17) is 10.5 Å². The molecular weight excluding hydrogens is 226 g/mol. The molecular formula is C14H23N3O.